The highest BCUT2D eigenvalue weighted by Gasteiger charge is 2.21. The molecule has 3 N–H and O–H groups in total. The van der Waals surface area contributed by atoms with Gasteiger partial charge in [0, 0.05) is 36.5 Å². The van der Waals surface area contributed by atoms with Crippen molar-refractivity contribution < 1.29 is 18.7 Å². The molecule has 0 radical (unpaired) electrons. The molecule has 2 aromatic carbocycles. The van der Waals surface area contributed by atoms with Crippen LogP contribution in [0.1, 0.15) is 37.0 Å². The van der Waals surface area contributed by atoms with Crippen molar-refractivity contribution in [1.29, 1.82) is 0 Å². The van der Waals surface area contributed by atoms with Crippen molar-refractivity contribution in [3.05, 3.63) is 90.1 Å². The fourth-order valence-electron chi connectivity index (χ4n) is 3.36. The summed E-state index contributed by atoms with van der Waals surface area (Å²) in [5.74, 6) is 0.743. The van der Waals surface area contributed by atoms with Crippen molar-refractivity contribution in [2.75, 3.05) is 17.7 Å². The van der Waals surface area contributed by atoms with Gasteiger partial charge in [0.15, 0.2) is 0 Å². The first kappa shape index (κ1) is 25.4. The fourth-order valence-corrected chi connectivity index (χ4v) is 3.36. The maximum atomic E-state index is 13.4. The summed E-state index contributed by atoms with van der Waals surface area (Å²) in [4.78, 5) is 28.6. The predicted octanol–water partition coefficient (Wildman–Crippen LogP) is 5.50. The zero-order valence-corrected chi connectivity index (χ0v) is 20.9. The highest BCUT2D eigenvalue weighted by Crippen LogP contribution is 2.27. The lowest BCUT2D eigenvalue weighted by atomic mass is 9.92. The number of hydrogen-bond donors (Lipinski definition) is 3. The highest BCUT2D eigenvalue weighted by atomic mass is 19.1. The number of nitrogens with zero attached hydrogens (tertiary/aromatic N) is 3. The quantitative estimate of drug-likeness (QED) is 0.323. The Labute approximate surface area is 213 Å². The molecule has 3 amide bonds. The summed E-state index contributed by atoms with van der Waals surface area (Å²) >= 11 is 0. The van der Waals surface area contributed by atoms with Crippen molar-refractivity contribution >= 4 is 23.4 Å². The summed E-state index contributed by atoms with van der Waals surface area (Å²) in [7, 11) is 1.53. The Bertz CT molecular complexity index is 1410. The molecule has 0 saturated carbocycles. The van der Waals surface area contributed by atoms with Gasteiger partial charge < -0.3 is 15.4 Å². The van der Waals surface area contributed by atoms with Crippen molar-refractivity contribution in [1.82, 2.24) is 20.1 Å². The largest absolute Gasteiger partial charge is 0.457 e. The Kier molecular flexibility index (Phi) is 7.19. The van der Waals surface area contributed by atoms with Gasteiger partial charge in [-0.3, -0.25) is 15.1 Å². The van der Waals surface area contributed by atoms with Gasteiger partial charge in [-0.05, 0) is 54.6 Å². The van der Waals surface area contributed by atoms with Crippen LogP contribution in [0.4, 0.5) is 20.7 Å². The van der Waals surface area contributed by atoms with Gasteiger partial charge in [0.2, 0.25) is 0 Å². The molecular formula is C27H27FN6O3. The Balaban J connectivity index is 1.46. The fraction of sp³-hybridized carbons (Fsp3) is 0.185. The van der Waals surface area contributed by atoms with Crippen LogP contribution in [0.3, 0.4) is 0 Å². The van der Waals surface area contributed by atoms with Crippen molar-refractivity contribution in [3.63, 3.8) is 0 Å². The molecule has 9 nitrogen and oxygen atoms in total. The van der Waals surface area contributed by atoms with Gasteiger partial charge in [-0.2, -0.15) is 5.10 Å². The monoisotopic (exact) mass is 502 g/mol. The van der Waals surface area contributed by atoms with Crippen LogP contribution in [0.5, 0.6) is 11.5 Å². The van der Waals surface area contributed by atoms with Crippen LogP contribution in [-0.4, -0.2) is 33.8 Å². The molecule has 37 heavy (non-hydrogen) atoms. The van der Waals surface area contributed by atoms with Crippen LogP contribution in [-0.2, 0) is 5.41 Å². The number of carbonyl (C=O) groups is 2. The Morgan fingerprint density at radius 1 is 0.919 bits per heavy atom. The van der Waals surface area contributed by atoms with Crippen LogP contribution in [0.25, 0.3) is 5.69 Å². The molecule has 0 bridgehead atoms. The molecule has 4 aromatic rings. The van der Waals surface area contributed by atoms with Gasteiger partial charge in [-0.1, -0.05) is 20.8 Å². The molecule has 0 spiro atoms. The van der Waals surface area contributed by atoms with Gasteiger partial charge >= 0.3 is 6.03 Å². The van der Waals surface area contributed by atoms with E-state index in [0.29, 0.717) is 28.7 Å². The minimum atomic E-state index is -0.471. The summed E-state index contributed by atoms with van der Waals surface area (Å²) in [5, 5.41) is 12.7. The van der Waals surface area contributed by atoms with Gasteiger partial charge in [0.05, 0.1) is 11.4 Å². The third-order valence-corrected chi connectivity index (χ3v) is 5.33. The summed E-state index contributed by atoms with van der Waals surface area (Å²) < 4.78 is 20.8. The number of pyridine rings is 1. The van der Waals surface area contributed by atoms with Crippen molar-refractivity contribution in [2.24, 2.45) is 0 Å². The predicted molar refractivity (Wildman–Crippen MR) is 139 cm³/mol. The van der Waals surface area contributed by atoms with E-state index in [4.69, 9.17) is 4.74 Å². The number of nitrogens with one attached hydrogen (secondary N) is 3. The topological polar surface area (TPSA) is 110 Å². The third-order valence-electron chi connectivity index (χ3n) is 5.33. The minimum Gasteiger partial charge on any atom is -0.457 e. The lowest BCUT2D eigenvalue weighted by Crippen LogP contribution is -2.21. The van der Waals surface area contributed by atoms with Gasteiger partial charge in [-0.25, -0.2) is 13.9 Å². The van der Waals surface area contributed by atoms with Gasteiger partial charge in [0.1, 0.15) is 28.8 Å². The number of rotatable bonds is 6. The zero-order chi connectivity index (χ0) is 26.6. The summed E-state index contributed by atoms with van der Waals surface area (Å²) in [6.45, 7) is 6.05. The second-order valence-corrected chi connectivity index (χ2v) is 9.21. The standard InChI is InChI=1S/C27H27FN6O3/c1-27(2,3)23-16-24(34(33-23)19-9-5-17(28)6-10-19)32-26(36)31-18-7-11-20(12-8-18)37-21-13-14-30-22(15-21)25(35)29-4/h5-16H,1-4H3,(H,29,35)(H2,31,32,36). The van der Waals surface area contributed by atoms with E-state index >= 15 is 0 Å². The first-order valence-electron chi connectivity index (χ1n) is 11.5. The van der Waals surface area contributed by atoms with E-state index in [2.05, 4.69) is 26.0 Å². The van der Waals surface area contributed by atoms with Gasteiger partial charge in [-0.15, -0.1) is 0 Å². The van der Waals surface area contributed by atoms with Gasteiger partial charge in [0.25, 0.3) is 5.91 Å². The number of halogens is 1. The Morgan fingerprint density at radius 3 is 2.27 bits per heavy atom. The summed E-state index contributed by atoms with van der Waals surface area (Å²) in [5.41, 5.74) is 1.90. The smallest absolute Gasteiger partial charge is 0.324 e. The molecule has 0 aliphatic carbocycles. The summed E-state index contributed by atoms with van der Waals surface area (Å²) in [6.07, 6.45) is 1.49. The third kappa shape index (κ3) is 6.29. The van der Waals surface area contributed by atoms with E-state index in [-0.39, 0.29) is 22.8 Å². The Hall–Kier alpha value is -4.73. The maximum absolute atomic E-state index is 13.4. The van der Waals surface area contributed by atoms with E-state index in [1.807, 2.05) is 20.8 Å². The average molecular weight is 503 g/mol. The highest BCUT2D eigenvalue weighted by molar-refractivity contribution is 5.99. The number of hydrogen-bond acceptors (Lipinski definition) is 5. The number of ether oxygens (including phenoxy) is 1. The van der Waals surface area contributed by atoms with E-state index in [0.717, 1.165) is 5.69 Å². The molecule has 0 saturated heterocycles. The number of anilines is 2. The zero-order valence-electron chi connectivity index (χ0n) is 20.9. The van der Waals surface area contributed by atoms with Crippen LogP contribution in [0, 0.1) is 5.82 Å². The lowest BCUT2D eigenvalue weighted by molar-refractivity contribution is 0.0957. The molecular weight excluding hydrogens is 475 g/mol. The van der Waals surface area contributed by atoms with Crippen LogP contribution in [0.15, 0.2) is 72.9 Å². The number of benzene rings is 2. The molecule has 0 aliphatic rings. The second kappa shape index (κ2) is 10.5. The molecule has 10 heteroatoms. The van der Waals surface area contributed by atoms with E-state index < -0.39 is 6.03 Å². The van der Waals surface area contributed by atoms with E-state index in [9.17, 15) is 14.0 Å². The lowest BCUT2D eigenvalue weighted by Gasteiger charge is -2.14. The van der Waals surface area contributed by atoms with E-state index in [1.165, 1.54) is 31.4 Å². The average Bonchev–Trinajstić information content (AvgIpc) is 3.29. The maximum Gasteiger partial charge on any atom is 0.324 e. The molecule has 0 aliphatic heterocycles. The molecule has 0 fully saturated rings. The molecule has 0 atom stereocenters. The first-order valence-corrected chi connectivity index (χ1v) is 11.5. The van der Waals surface area contributed by atoms with Crippen LogP contribution >= 0.6 is 0 Å². The normalized spacial score (nSPS) is 11.1. The summed E-state index contributed by atoms with van der Waals surface area (Å²) in [6, 6.07) is 17.1. The first-order chi connectivity index (χ1) is 17.6. The van der Waals surface area contributed by atoms with Crippen molar-refractivity contribution in [3.8, 4) is 17.2 Å². The van der Waals surface area contributed by atoms with Crippen molar-refractivity contribution in [2.45, 2.75) is 26.2 Å². The molecule has 2 aromatic heterocycles. The molecule has 2 heterocycles. The molecule has 190 valence electrons. The van der Waals surface area contributed by atoms with Crippen LogP contribution in [0.2, 0.25) is 0 Å². The number of amides is 3. The Morgan fingerprint density at radius 2 is 1.62 bits per heavy atom. The number of aromatic nitrogens is 3. The van der Waals surface area contributed by atoms with Crippen LogP contribution < -0.4 is 20.7 Å². The SMILES string of the molecule is CNC(=O)c1cc(Oc2ccc(NC(=O)Nc3cc(C(C)(C)C)nn3-c3ccc(F)cc3)cc2)ccn1. The second-order valence-electron chi connectivity index (χ2n) is 9.21. The molecule has 0 unspecified atom stereocenters. The molecule has 4 rings (SSSR count). The van der Waals surface area contributed by atoms with E-state index in [1.54, 1.807) is 53.2 Å². The number of carbonyl (C=O) groups excluding carboxylic acids is 2. The minimum absolute atomic E-state index is 0.240. The number of urea groups is 1.